The summed E-state index contributed by atoms with van der Waals surface area (Å²) in [6.45, 7) is 26.5. The van der Waals surface area contributed by atoms with Crippen molar-refractivity contribution in [2.45, 2.75) is 132 Å². The quantitative estimate of drug-likeness (QED) is 0.0634. The number of ketones is 1. The molecule has 29 nitrogen and oxygen atoms in total. The molecule has 8 N–H and O–H groups in total. The molecule has 0 bridgehead atoms. The van der Waals surface area contributed by atoms with Crippen LogP contribution in [0, 0.1) is 0 Å². The van der Waals surface area contributed by atoms with Crippen LogP contribution in [0.2, 0.25) is 5.15 Å². The molecule has 0 aromatic carbocycles. The van der Waals surface area contributed by atoms with Gasteiger partial charge in [-0.3, -0.25) is 82.9 Å². The molecule has 484 valence electrons. The van der Waals surface area contributed by atoms with Gasteiger partial charge in [0.25, 0.3) is 27.8 Å². The van der Waals surface area contributed by atoms with E-state index in [1.165, 1.54) is 86.6 Å². The lowest BCUT2D eigenvalue weighted by molar-refractivity contribution is -0.115. The third-order valence-electron chi connectivity index (χ3n) is 9.54. The molecule has 5 aromatic rings. The number of rotatable bonds is 13. The summed E-state index contributed by atoms with van der Waals surface area (Å²) in [7, 11) is 8.94. The zero-order chi connectivity index (χ0) is 66.5. The van der Waals surface area contributed by atoms with Gasteiger partial charge in [0.2, 0.25) is 17.7 Å². The Morgan fingerprint density at radius 2 is 0.624 bits per heavy atom. The smallest absolute Gasteiger partial charge is 0.335 e. The van der Waals surface area contributed by atoms with Crippen molar-refractivity contribution < 1.29 is 26.5 Å². The summed E-state index contributed by atoms with van der Waals surface area (Å²) in [5.41, 5.74) is 1.82. The Balaban J connectivity index is -0.000000106. The summed E-state index contributed by atoms with van der Waals surface area (Å²) < 4.78 is 32.6. The first-order valence-electron chi connectivity index (χ1n) is 25.8. The summed E-state index contributed by atoms with van der Waals surface area (Å²) in [5, 5.41) is 7.63. The van der Waals surface area contributed by atoms with Crippen LogP contribution < -0.4 is 84.1 Å². The van der Waals surface area contributed by atoms with Crippen molar-refractivity contribution in [3.8, 4) is 0 Å². The molecule has 0 fully saturated rings. The molecule has 85 heavy (non-hydrogen) atoms. The van der Waals surface area contributed by atoms with Gasteiger partial charge in [-0.25, -0.2) is 24.0 Å². The molecule has 0 aliphatic carbocycles. The molecule has 5 heterocycles. The second-order valence-electron chi connectivity index (χ2n) is 15.2. The van der Waals surface area contributed by atoms with E-state index in [4.69, 9.17) is 23.3 Å². The number of hydrogen-bond acceptors (Lipinski definition) is 16. The molecule has 0 spiro atoms. The molecule has 37 heteroatoms. The van der Waals surface area contributed by atoms with Crippen LogP contribution >= 0.6 is 55.3 Å². The standard InChI is InChI=1S/3C9H14N3O3P.C7H10ClN2O2P.C7H12N3O2P.C3H6O.4CH4.B2.H3N.3H2/c3*1-4-11-8(14)5-7(10-6(2)13)12(16-3)9(11)15;2*1-3-9-6(11)4-5(8)10(13-2)7(9)12;1-3(2)4;;;;;1-2;;;;/h3*5,16H,4H2,1-3H3,(H,10,13);4,13H,3H2,1-2H3;4,13H,3,8H2,1-2H3;1-2H3;4*1H4;;1H3;3*1H/i;;;;;;;;;;;;2*1+1D;1+1. The molecule has 5 rings (SSSR count). The van der Waals surface area contributed by atoms with E-state index in [0.29, 0.717) is 32.7 Å². The number of hydrogen-bond donors (Lipinski definition) is 5. The molecule has 4 radical (unpaired) electrons. The normalized spacial score (nSPS) is 10.2. The van der Waals surface area contributed by atoms with Crippen LogP contribution in [0.1, 0.15) is 106 Å². The number of nitrogen functional groups attached to an aromatic ring is 1. The SMILES string of the molecule is C.C.C.C.CC(C)=O.CCn1c(=O)cc(Cl)n(PC)c1=O.CCn1c(=O)cc(N)n(PC)c1=O.CCn1c(=O)cc(NC(C)=O)n(PC)c1=O.CCn1c(=O)cc(NC(C)=O)n(PC)c1=O.CCn1c(=O)cc(NC(C)=O)n(PC)c1=O.N.[2HH].[2H][2H].[2H][2H].[B][B]. The fraction of sp³-hybridized carbons (Fsp3) is 0.500. The number of carbonyl (C=O) groups excluding carboxylic acids is 4. The second kappa shape index (κ2) is 47.0. The first kappa shape index (κ1) is 87.6. The average Bonchev–Trinajstić information content (AvgIpc) is 3.10. The lowest BCUT2D eigenvalue weighted by Gasteiger charge is -2.12. The Morgan fingerprint density at radius 3 is 0.824 bits per heavy atom. The van der Waals surface area contributed by atoms with Crippen molar-refractivity contribution in [3.05, 3.63) is 140 Å². The van der Waals surface area contributed by atoms with Crippen LogP contribution in [-0.4, -0.2) is 117 Å². The van der Waals surface area contributed by atoms with Crippen molar-refractivity contribution in [2.75, 3.05) is 55.0 Å². The predicted molar refractivity (Wildman–Crippen MR) is 370 cm³/mol. The van der Waals surface area contributed by atoms with Gasteiger partial charge in [-0.05, 0) is 125 Å². The number of aromatic nitrogens is 10. The highest BCUT2D eigenvalue weighted by Crippen LogP contribution is 2.16. The van der Waals surface area contributed by atoms with Crippen LogP contribution in [0.3, 0.4) is 0 Å². The van der Waals surface area contributed by atoms with Crippen molar-refractivity contribution in [3.63, 3.8) is 0 Å². The minimum Gasteiger partial charge on any atom is -0.385 e. The van der Waals surface area contributed by atoms with Gasteiger partial charge in [-0.15, -0.1) is 0 Å². The molecule has 5 aromatic heterocycles. The van der Waals surface area contributed by atoms with Gasteiger partial charge >= 0.3 is 28.4 Å². The zero-order valence-corrected chi connectivity index (χ0v) is 53.7. The summed E-state index contributed by atoms with van der Waals surface area (Å²) in [6.07, 6.45) is 0. The van der Waals surface area contributed by atoms with Gasteiger partial charge in [-0.2, -0.15) is 0 Å². The maximum Gasteiger partial charge on any atom is 0.335 e. The van der Waals surface area contributed by atoms with Crippen molar-refractivity contribution >= 4 is 118 Å². The third kappa shape index (κ3) is 28.3. The van der Waals surface area contributed by atoms with E-state index in [-0.39, 0.29) is 172 Å². The van der Waals surface area contributed by atoms with Crippen LogP contribution in [0.25, 0.3) is 0 Å². The van der Waals surface area contributed by atoms with E-state index in [2.05, 4.69) is 31.4 Å². The van der Waals surface area contributed by atoms with E-state index in [1.807, 2.05) is 13.3 Å². The zero-order valence-electron chi connectivity index (χ0n) is 51.9. The molecule has 0 saturated heterocycles. The van der Waals surface area contributed by atoms with E-state index in [0.717, 1.165) is 22.8 Å². The van der Waals surface area contributed by atoms with Crippen molar-refractivity contribution in [1.82, 2.24) is 50.7 Å². The summed E-state index contributed by atoms with van der Waals surface area (Å²) in [5.74, 6) is 0.259. The highest BCUT2D eigenvalue weighted by Gasteiger charge is 2.13. The number of anilines is 4. The number of nitrogens with one attached hydrogen (secondary N) is 3. The van der Waals surface area contributed by atoms with Crippen LogP contribution in [0.5, 0.6) is 0 Å². The molecule has 0 saturated carbocycles. The Labute approximate surface area is 519 Å². The molecule has 5 unspecified atom stereocenters. The molecule has 0 aliphatic heterocycles. The van der Waals surface area contributed by atoms with Gasteiger partial charge in [-0.1, -0.05) is 41.3 Å². The van der Waals surface area contributed by atoms with E-state index in [1.54, 1.807) is 54.6 Å². The molecular weight excluding hydrogens is 1220 g/mol. The fourth-order valence-corrected chi connectivity index (χ4v) is 9.89. The average molecular weight is 1320 g/mol. The van der Waals surface area contributed by atoms with E-state index in [9.17, 15) is 67.1 Å². The summed E-state index contributed by atoms with van der Waals surface area (Å²) >= 11 is 5.72. The molecule has 5 atom stereocenters. The van der Waals surface area contributed by atoms with Gasteiger partial charge in [0, 0.05) is 107 Å². The number of nitrogens with two attached hydrogens (primary N) is 1. The molecule has 3 amide bonds. The monoisotopic (exact) mass is 1320 g/mol. The lowest BCUT2D eigenvalue weighted by atomic mass is 9.81. The van der Waals surface area contributed by atoms with Gasteiger partial charge in [0.05, 0.1) is 0 Å². The van der Waals surface area contributed by atoms with Gasteiger partial charge < -0.3 is 32.6 Å². The Morgan fingerprint density at radius 1 is 0.435 bits per heavy atom. The Hall–Kier alpha value is -6.19. The number of amides is 3. The minimum atomic E-state index is -0.397. The largest absolute Gasteiger partial charge is 0.385 e. The highest BCUT2D eigenvalue weighted by atomic mass is 35.5. The van der Waals surface area contributed by atoms with Crippen LogP contribution in [0.15, 0.2) is 78.3 Å². The number of carbonyl (C=O) groups is 4. The first-order chi connectivity index (χ1) is 39.5. The summed E-state index contributed by atoms with van der Waals surface area (Å²) in [4.78, 5) is 158. The molecular formula is C48H95B2ClN15O14P5. The van der Waals surface area contributed by atoms with Crippen LogP contribution in [-0.2, 0) is 51.9 Å². The minimum absolute atomic E-state index is 0. The second-order valence-corrected chi connectivity index (χ2v) is 20.1. The van der Waals surface area contributed by atoms with Crippen molar-refractivity contribution in [2.24, 2.45) is 0 Å². The maximum absolute atomic E-state index is 11.8. The van der Waals surface area contributed by atoms with Gasteiger partial charge in [0.15, 0.2) is 0 Å². The third-order valence-corrected chi connectivity index (χ3v) is 14.4. The number of Topliss-reactive ketones (excluding diaryl/α,β-unsaturated/α-hetero) is 1. The first-order valence-corrected chi connectivity index (χ1v) is 31.4. The predicted octanol–water partition coefficient (Wildman–Crippen LogP) is 3.90. The van der Waals surface area contributed by atoms with Crippen LogP contribution in [0.4, 0.5) is 23.3 Å². The number of halogens is 1. The lowest BCUT2D eigenvalue weighted by Crippen LogP contribution is -2.38. The van der Waals surface area contributed by atoms with E-state index < -0.39 is 16.7 Å². The van der Waals surface area contributed by atoms with E-state index >= 15 is 0 Å². The number of nitrogens with zero attached hydrogens (tertiary/aromatic N) is 10. The molecule has 0 aliphatic rings. The topological polar surface area (TPSA) is 385 Å². The summed E-state index contributed by atoms with van der Waals surface area (Å²) in [6, 6.07) is 6.35. The maximum atomic E-state index is 11.8. The highest BCUT2D eigenvalue weighted by molar-refractivity contribution is 7.36. The van der Waals surface area contributed by atoms with Gasteiger partial charge in [0.1, 0.15) is 34.2 Å². The Kier molecular flexibility index (Phi) is 48.4. The fourth-order valence-electron chi connectivity index (χ4n) is 6.23. The Bertz CT molecular complexity index is 3290. The van der Waals surface area contributed by atoms with Crippen molar-refractivity contribution in [1.29, 1.82) is 0 Å².